The van der Waals surface area contributed by atoms with Gasteiger partial charge in [-0.15, -0.1) is 0 Å². The Kier molecular flexibility index (Phi) is 1.88. The molecule has 2 heterocycles. The predicted molar refractivity (Wildman–Crippen MR) is 47.8 cm³/mol. The number of carboxylic acids is 1. The Bertz CT molecular complexity index is 338. The van der Waals surface area contributed by atoms with Crippen molar-refractivity contribution in [3.63, 3.8) is 0 Å². The quantitative estimate of drug-likeness (QED) is 0.717. The Morgan fingerprint density at radius 1 is 1.69 bits per heavy atom. The van der Waals surface area contributed by atoms with Gasteiger partial charge < -0.3 is 10.0 Å². The fraction of sp³-hybridized carbons (Fsp3) is 0.333. The Morgan fingerprint density at radius 2 is 2.54 bits per heavy atom. The van der Waals surface area contributed by atoms with Crippen molar-refractivity contribution in [1.82, 2.24) is 4.98 Å². The molecule has 0 saturated carbocycles. The molecule has 0 bridgehead atoms. The lowest BCUT2D eigenvalue weighted by atomic mass is 10.3. The van der Waals surface area contributed by atoms with E-state index in [2.05, 4.69) is 4.98 Å². The Balaban J connectivity index is 2.23. The first-order valence-corrected chi connectivity index (χ1v) is 4.18. The molecule has 1 aliphatic heterocycles. The SMILES string of the molecule is O=C(O)CN1CCc2ncccc21. The number of carboxylic acid groups (broad SMARTS) is 1. The minimum atomic E-state index is -0.795. The average Bonchev–Trinajstić information content (AvgIpc) is 2.48. The maximum Gasteiger partial charge on any atom is 0.323 e. The Hall–Kier alpha value is -1.58. The molecule has 1 aromatic rings. The first-order valence-electron chi connectivity index (χ1n) is 4.18. The van der Waals surface area contributed by atoms with Gasteiger partial charge in [0.15, 0.2) is 0 Å². The molecule has 0 aromatic carbocycles. The molecular weight excluding hydrogens is 168 g/mol. The van der Waals surface area contributed by atoms with Crippen molar-refractivity contribution in [2.75, 3.05) is 18.0 Å². The lowest BCUT2D eigenvalue weighted by molar-refractivity contribution is -0.135. The number of aliphatic carboxylic acids is 1. The third kappa shape index (κ3) is 1.47. The molecule has 0 unspecified atom stereocenters. The highest BCUT2D eigenvalue weighted by molar-refractivity contribution is 5.75. The van der Waals surface area contributed by atoms with E-state index in [4.69, 9.17) is 5.11 Å². The van der Waals surface area contributed by atoms with Crippen LogP contribution in [0.3, 0.4) is 0 Å². The Labute approximate surface area is 75.8 Å². The second-order valence-corrected chi connectivity index (χ2v) is 3.03. The van der Waals surface area contributed by atoms with Gasteiger partial charge >= 0.3 is 5.97 Å². The number of carbonyl (C=O) groups is 1. The van der Waals surface area contributed by atoms with Crippen molar-refractivity contribution in [2.45, 2.75) is 6.42 Å². The van der Waals surface area contributed by atoms with E-state index in [1.807, 2.05) is 17.0 Å². The molecule has 4 nitrogen and oxygen atoms in total. The third-order valence-corrected chi connectivity index (χ3v) is 2.15. The molecule has 0 radical (unpaired) electrons. The highest BCUT2D eigenvalue weighted by Crippen LogP contribution is 2.24. The second kappa shape index (κ2) is 3.05. The van der Waals surface area contributed by atoms with Crippen molar-refractivity contribution in [2.24, 2.45) is 0 Å². The number of anilines is 1. The van der Waals surface area contributed by atoms with Gasteiger partial charge in [-0.05, 0) is 12.1 Å². The van der Waals surface area contributed by atoms with Crippen LogP contribution in [0.2, 0.25) is 0 Å². The van der Waals surface area contributed by atoms with Gasteiger partial charge in [0.2, 0.25) is 0 Å². The molecule has 4 heteroatoms. The largest absolute Gasteiger partial charge is 0.480 e. The number of nitrogens with zero attached hydrogens (tertiary/aromatic N) is 2. The fourth-order valence-corrected chi connectivity index (χ4v) is 1.60. The van der Waals surface area contributed by atoms with Gasteiger partial charge in [-0.1, -0.05) is 0 Å². The molecular formula is C9H10N2O2. The average molecular weight is 178 g/mol. The predicted octanol–water partition coefficient (Wildman–Crippen LogP) is 0.529. The summed E-state index contributed by atoms with van der Waals surface area (Å²) in [4.78, 5) is 16.5. The molecule has 13 heavy (non-hydrogen) atoms. The van der Waals surface area contributed by atoms with Crippen LogP contribution in [0.1, 0.15) is 5.69 Å². The van der Waals surface area contributed by atoms with Crippen molar-refractivity contribution < 1.29 is 9.90 Å². The van der Waals surface area contributed by atoms with Crippen molar-refractivity contribution in [3.8, 4) is 0 Å². The van der Waals surface area contributed by atoms with E-state index in [0.717, 1.165) is 24.3 Å². The number of fused-ring (bicyclic) bond motifs is 1. The van der Waals surface area contributed by atoms with Gasteiger partial charge in [-0.25, -0.2) is 0 Å². The molecule has 0 spiro atoms. The summed E-state index contributed by atoms with van der Waals surface area (Å²) < 4.78 is 0. The molecule has 1 aromatic heterocycles. The maximum atomic E-state index is 10.5. The van der Waals surface area contributed by atoms with Crippen LogP contribution in [0.4, 0.5) is 5.69 Å². The van der Waals surface area contributed by atoms with Gasteiger partial charge in [-0.3, -0.25) is 9.78 Å². The topological polar surface area (TPSA) is 53.4 Å². The zero-order valence-corrected chi connectivity index (χ0v) is 7.10. The van der Waals surface area contributed by atoms with E-state index in [9.17, 15) is 4.79 Å². The summed E-state index contributed by atoms with van der Waals surface area (Å²) in [7, 11) is 0. The van der Waals surface area contributed by atoms with E-state index < -0.39 is 5.97 Å². The summed E-state index contributed by atoms with van der Waals surface area (Å²) >= 11 is 0. The first-order chi connectivity index (χ1) is 6.27. The van der Waals surface area contributed by atoms with Crippen molar-refractivity contribution in [3.05, 3.63) is 24.0 Å². The second-order valence-electron chi connectivity index (χ2n) is 3.03. The third-order valence-electron chi connectivity index (χ3n) is 2.15. The standard InChI is InChI=1S/C9H10N2O2/c12-9(13)6-11-5-3-7-8(11)2-1-4-10-7/h1-2,4H,3,5-6H2,(H,12,13). The number of aromatic nitrogens is 1. The van der Waals surface area contributed by atoms with Crippen LogP contribution in [0.15, 0.2) is 18.3 Å². The summed E-state index contributed by atoms with van der Waals surface area (Å²) in [5, 5.41) is 8.64. The molecule has 0 fully saturated rings. The normalized spacial score (nSPS) is 14.3. The summed E-state index contributed by atoms with van der Waals surface area (Å²) in [6.07, 6.45) is 2.59. The van der Waals surface area contributed by atoms with Crippen LogP contribution in [0.5, 0.6) is 0 Å². The zero-order chi connectivity index (χ0) is 9.26. The summed E-state index contributed by atoms with van der Waals surface area (Å²) in [6, 6.07) is 3.75. The van der Waals surface area contributed by atoms with Crippen molar-refractivity contribution >= 4 is 11.7 Å². The van der Waals surface area contributed by atoms with E-state index in [1.165, 1.54) is 0 Å². The molecule has 0 atom stereocenters. The molecule has 2 rings (SSSR count). The van der Waals surface area contributed by atoms with Crippen molar-refractivity contribution in [1.29, 1.82) is 0 Å². The van der Waals surface area contributed by atoms with Crippen LogP contribution in [0, 0.1) is 0 Å². The summed E-state index contributed by atoms with van der Waals surface area (Å²) in [6.45, 7) is 0.831. The number of hydrogen-bond donors (Lipinski definition) is 1. The molecule has 68 valence electrons. The van der Waals surface area contributed by atoms with Crippen LogP contribution in [-0.2, 0) is 11.2 Å². The van der Waals surface area contributed by atoms with Gasteiger partial charge in [0.25, 0.3) is 0 Å². The van der Waals surface area contributed by atoms with E-state index in [1.54, 1.807) is 6.20 Å². The van der Waals surface area contributed by atoms with Crippen LogP contribution in [-0.4, -0.2) is 29.1 Å². The minimum absolute atomic E-state index is 0.0681. The van der Waals surface area contributed by atoms with E-state index in [0.29, 0.717) is 0 Å². The Morgan fingerprint density at radius 3 is 3.31 bits per heavy atom. The number of rotatable bonds is 2. The smallest absolute Gasteiger partial charge is 0.323 e. The highest BCUT2D eigenvalue weighted by atomic mass is 16.4. The van der Waals surface area contributed by atoms with Crippen LogP contribution in [0.25, 0.3) is 0 Å². The first kappa shape index (κ1) is 8.04. The lowest BCUT2D eigenvalue weighted by Gasteiger charge is -2.15. The van der Waals surface area contributed by atoms with Crippen LogP contribution >= 0.6 is 0 Å². The molecule has 0 aliphatic carbocycles. The number of hydrogen-bond acceptors (Lipinski definition) is 3. The fourth-order valence-electron chi connectivity index (χ4n) is 1.60. The van der Waals surface area contributed by atoms with E-state index >= 15 is 0 Å². The van der Waals surface area contributed by atoms with Gasteiger partial charge in [0.05, 0.1) is 11.4 Å². The summed E-state index contributed by atoms with van der Waals surface area (Å²) in [5.41, 5.74) is 1.97. The van der Waals surface area contributed by atoms with E-state index in [-0.39, 0.29) is 6.54 Å². The molecule has 1 N–H and O–H groups in total. The monoisotopic (exact) mass is 178 g/mol. The van der Waals surface area contributed by atoms with Gasteiger partial charge in [0.1, 0.15) is 6.54 Å². The van der Waals surface area contributed by atoms with Gasteiger partial charge in [0, 0.05) is 19.2 Å². The summed E-state index contributed by atoms with van der Waals surface area (Å²) in [5.74, 6) is -0.795. The molecule has 1 aliphatic rings. The molecule has 0 amide bonds. The number of pyridine rings is 1. The highest BCUT2D eigenvalue weighted by Gasteiger charge is 2.20. The molecule has 0 saturated heterocycles. The minimum Gasteiger partial charge on any atom is -0.480 e. The zero-order valence-electron chi connectivity index (χ0n) is 7.10. The van der Waals surface area contributed by atoms with Gasteiger partial charge in [-0.2, -0.15) is 0 Å². The maximum absolute atomic E-state index is 10.5. The van der Waals surface area contributed by atoms with Crippen LogP contribution < -0.4 is 4.90 Å². The lowest BCUT2D eigenvalue weighted by Crippen LogP contribution is -2.27.